The third kappa shape index (κ3) is 3.08. The second-order valence-electron chi connectivity index (χ2n) is 3.16. The van der Waals surface area contributed by atoms with Gasteiger partial charge in [0.1, 0.15) is 5.75 Å². The highest BCUT2D eigenvalue weighted by molar-refractivity contribution is 7.98. The highest BCUT2D eigenvalue weighted by Crippen LogP contribution is 2.23. The molecule has 0 atom stereocenters. The molecule has 0 unspecified atom stereocenters. The van der Waals surface area contributed by atoms with Gasteiger partial charge in [0.2, 0.25) is 5.88 Å². The van der Waals surface area contributed by atoms with E-state index in [0.717, 1.165) is 0 Å². The van der Waals surface area contributed by atoms with Gasteiger partial charge in [0.25, 0.3) is 0 Å². The Kier molecular flexibility index (Phi) is 3.79. The average molecular weight is 248 g/mol. The molecule has 0 saturated heterocycles. The molecule has 3 N–H and O–H groups in total. The van der Waals surface area contributed by atoms with Crippen LogP contribution in [0.5, 0.6) is 11.6 Å². The molecule has 0 aliphatic rings. The van der Waals surface area contributed by atoms with Crippen molar-refractivity contribution >= 4 is 17.6 Å². The van der Waals surface area contributed by atoms with Gasteiger partial charge < -0.3 is 10.2 Å². The Morgan fingerprint density at radius 1 is 1.24 bits per heavy atom. The predicted octanol–water partition coefficient (Wildman–Crippen LogP) is 2.28. The molecule has 0 aliphatic heterocycles. The van der Waals surface area contributed by atoms with Crippen molar-refractivity contribution in [2.75, 3.05) is 11.7 Å². The molecule has 6 heteroatoms. The second kappa shape index (κ2) is 5.51. The van der Waals surface area contributed by atoms with Gasteiger partial charge in [0.05, 0.1) is 12.4 Å². The summed E-state index contributed by atoms with van der Waals surface area (Å²) < 4.78 is 5.54. The van der Waals surface area contributed by atoms with Crippen LogP contribution in [-0.2, 0) is 0 Å². The van der Waals surface area contributed by atoms with E-state index in [2.05, 4.69) is 15.4 Å². The summed E-state index contributed by atoms with van der Waals surface area (Å²) >= 11 is 1.68. The monoisotopic (exact) mass is 248 g/mol. The van der Waals surface area contributed by atoms with Gasteiger partial charge in [0, 0.05) is 4.90 Å². The highest BCUT2D eigenvalue weighted by Gasteiger charge is 2.00. The predicted molar refractivity (Wildman–Crippen MR) is 68.1 cm³/mol. The molecule has 1 aromatic carbocycles. The number of aromatic nitrogens is 2. The number of nitrogen functional groups attached to an aromatic ring is 1. The lowest BCUT2D eigenvalue weighted by Crippen LogP contribution is -2.08. The quantitative estimate of drug-likeness (QED) is 0.491. The smallest absolute Gasteiger partial charge is 0.239 e. The molecule has 0 bridgehead atoms. The maximum Gasteiger partial charge on any atom is 0.239 e. The number of nitrogens with zero attached hydrogens (tertiary/aromatic N) is 2. The number of anilines is 1. The molecule has 0 aliphatic carbocycles. The molecular weight excluding hydrogens is 236 g/mol. The molecule has 17 heavy (non-hydrogen) atoms. The van der Waals surface area contributed by atoms with Crippen molar-refractivity contribution in [2.24, 2.45) is 5.84 Å². The lowest BCUT2D eigenvalue weighted by molar-refractivity contribution is 0.460. The van der Waals surface area contributed by atoms with E-state index in [9.17, 15) is 0 Å². The number of hydrogen-bond acceptors (Lipinski definition) is 6. The summed E-state index contributed by atoms with van der Waals surface area (Å²) in [6.45, 7) is 0. The number of rotatable bonds is 4. The van der Waals surface area contributed by atoms with Crippen LogP contribution in [0.25, 0.3) is 0 Å². The topological polar surface area (TPSA) is 73.1 Å². The van der Waals surface area contributed by atoms with Crippen LogP contribution >= 0.6 is 11.8 Å². The summed E-state index contributed by atoms with van der Waals surface area (Å²) in [6, 6.07) is 7.74. The third-order valence-corrected chi connectivity index (χ3v) is 2.79. The number of ether oxygens (including phenoxy) is 1. The Morgan fingerprint density at radius 3 is 2.65 bits per heavy atom. The fourth-order valence-electron chi connectivity index (χ4n) is 1.23. The minimum Gasteiger partial charge on any atom is -0.437 e. The summed E-state index contributed by atoms with van der Waals surface area (Å²) in [4.78, 5) is 9.24. The van der Waals surface area contributed by atoms with Crippen molar-refractivity contribution in [3.05, 3.63) is 36.7 Å². The maximum atomic E-state index is 5.54. The Morgan fingerprint density at radius 2 is 2.00 bits per heavy atom. The van der Waals surface area contributed by atoms with Gasteiger partial charge in [-0.2, -0.15) is 4.98 Å². The van der Waals surface area contributed by atoms with Crippen molar-refractivity contribution in [3.8, 4) is 11.6 Å². The van der Waals surface area contributed by atoms with Crippen LogP contribution in [0, 0.1) is 0 Å². The first-order chi connectivity index (χ1) is 8.31. The molecule has 1 heterocycles. The number of thioether (sulfide) groups is 1. The molecule has 5 nitrogen and oxygen atoms in total. The first-order valence-corrected chi connectivity index (χ1v) is 6.15. The van der Waals surface area contributed by atoms with Crippen LogP contribution in [0.2, 0.25) is 0 Å². The van der Waals surface area contributed by atoms with Crippen LogP contribution in [-0.4, -0.2) is 16.2 Å². The van der Waals surface area contributed by atoms with Crippen LogP contribution in [0.1, 0.15) is 0 Å². The van der Waals surface area contributed by atoms with Gasteiger partial charge >= 0.3 is 0 Å². The van der Waals surface area contributed by atoms with Crippen molar-refractivity contribution in [1.29, 1.82) is 0 Å². The van der Waals surface area contributed by atoms with Gasteiger partial charge in [0.15, 0.2) is 5.82 Å². The van der Waals surface area contributed by atoms with E-state index in [-0.39, 0.29) is 0 Å². The van der Waals surface area contributed by atoms with Crippen molar-refractivity contribution in [3.63, 3.8) is 0 Å². The zero-order valence-electron chi connectivity index (χ0n) is 9.25. The van der Waals surface area contributed by atoms with E-state index in [1.807, 2.05) is 30.5 Å². The summed E-state index contributed by atoms with van der Waals surface area (Å²) in [5, 5.41) is 0. The summed E-state index contributed by atoms with van der Waals surface area (Å²) in [5.41, 5.74) is 2.41. The molecule has 0 saturated carbocycles. The first kappa shape index (κ1) is 11.7. The standard InChI is InChI=1S/C11H12N4OS/c1-17-9-4-2-8(3-5-9)16-11-7-13-6-10(14-11)15-12/h2-7H,12H2,1H3,(H,14,15). The van der Waals surface area contributed by atoms with E-state index < -0.39 is 0 Å². The molecular formula is C11H12N4OS. The summed E-state index contributed by atoms with van der Waals surface area (Å²) in [6.07, 6.45) is 5.07. The zero-order valence-corrected chi connectivity index (χ0v) is 10.1. The number of benzene rings is 1. The third-order valence-electron chi connectivity index (χ3n) is 2.04. The fourth-order valence-corrected chi connectivity index (χ4v) is 1.64. The average Bonchev–Trinajstić information content (AvgIpc) is 2.40. The molecule has 1 aromatic heterocycles. The highest BCUT2D eigenvalue weighted by atomic mass is 32.2. The van der Waals surface area contributed by atoms with Crippen LogP contribution in [0.3, 0.4) is 0 Å². The van der Waals surface area contributed by atoms with Crippen LogP contribution < -0.4 is 16.0 Å². The Balaban J connectivity index is 2.13. The zero-order chi connectivity index (χ0) is 12.1. The van der Waals surface area contributed by atoms with Crippen LogP contribution in [0.4, 0.5) is 5.82 Å². The fraction of sp³-hybridized carbons (Fsp3) is 0.0909. The van der Waals surface area contributed by atoms with E-state index >= 15 is 0 Å². The van der Waals surface area contributed by atoms with Gasteiger partial charge in [-0.15, -0.1) is 11.8 Å². The lowest BCUT2D eigenvalue weighted by Gasteiger charge is -2.06. The number of hydrazine groups is 1. The number of nitrogens with two attached hydrogens (primary N) is 1. The largest absolute Gasteiger partial charge is 0.437 e. The Bertz CT molecular complexity index is 489. The molecule has 2 aromatic rings. The SMILES string of the molecule is CSc1ccc(Oc2cncc(NN)n2)cc1. The maximum absolute atomic E-state index is 5.54. The number of hydrogen-bond donors (Lipinski definition) is 2. The van der Waals surface area contributed by atoms with Gasteiger partial charge in [-0.3, -0.25) is 4.98 Å². The van der Waals surface area contributed by atoms with E-state index in [1.165, 1.54) is 17.3 Å². The van der Waals surface area contributed by atoms with Gasteiger partial charge in [-0.25, -0.2) is 5.84 Å². The molecule has 2 rings (SSSR count). The van der Waals surface area contributed by atoms with Crippen molar-refractivity contribution < 1.29 is 4.74 Å². The van der Waals surface area contributed by atoms with Gasteiger partial charge in [-0.1, -0.05) is 0 Å². The molecule has 0 amide bonds. The lowest BCUT2D eigenvalue weighted by atomic mass is 10.3. The van der Waals surface area contributed by atoms with Gasteiger partial charge in [-0.05, 0) is 30.5 Å². The van der Waals surface area contributed by atoms with Crippen molar-refractivity contribution in [1.82, 2.24) is 9.97 Å². The van der Waals surface area contributed by atoms with Crippen LogP contribution in [0.15, 0.2) is 41.6 Å². The molecule has 0 fully saturated rings. The van der Waals surface area contributed by atoms with E-state index in [4.69, 9.17) is 10.6 Å². The number of nitrogens with one attached hydrogen (secondary N) is 1. The molecule has 0 radical (unpaired) electrons. The Labute approximate surface area is 103 Å². The summed E-state index contributed by atoms with van der Waals surface area (Å²) in [7, 11) is 0. The summed E-state index contributed by atoms with van der Waals surface area (Å²) in [5.74, 6) is 6.81. The van der Waals surface area contributed by atoms with Crippen molar-refractivity contribution in [2.45, 2.75) is 4.90 Å². The minimum absolute atomic E-state index is 0.400. The normalized spacial score (nSPS) is 10.0. The van der Waals surface area contributed by atoms with E-state index in [0.29, 0.717) is 17.4 Å². The molecule has 88 valence electrons. The minimum atomic E-state index is 0.400. The first-order valence-electron chi connectivity index (χ1n) is 4.92. The Hall–Kier alpha value is -1.79. The van der Waals surface area contributed by atoms with E-state index in [1.54, 1.807) is 11.8 Å². The second-order valence-corrected chi connectivity index (χ2v) is 4.04. The molecule has 0 spiro atoms.